The topological polar surface area (TPSA) is 40.6 Å². The van der Waals surface area contributed by atoms with Gasteiger partial charge in [0, 0.05) is 30.1 Å². The molecule has 0 radical (unpaired) electrons. The summed E-state index contributed by atoms with van der Waals surface area (Å²) in [5.41, 5.74) is 0. The first-order chi connectivity index (χ1) is 18.6. The van der Waals surface area contributed by atoms with Gasteiger partial charge in [-0.05, 0) is 77.2 Å². The van der Waals surface area contributed by atoms with E-state index in [0.717, 1.165) is 30.8 Å². The molecule has 4 heteroatoms. The highest BCUT2D eigenvalue weighted by Gasteiger charge is 2.37. The smallest absolute Gasteiger partial charge is 0.226 e. The molecule has 5 fully saturated rings. The van der Waals surface area contributed by atoms with Crippen LogP contribution >= 0.6 is 0 Å². The molecule has 0 N–H and O–H groups in total. The molecule has 0 aliphatic heterocycles. The first kappa shape index (κ1) is 31.6. The van der Waals surface area contributed by atoms with Crippen molar-refractivity contribution in [2.75, 3.05) is 7.05 Å². The van der Waals surface area contributed by atoms with Crippen LogP contribution in [0.2, 0.25) is 0 Å². The van der Waals surface area contributed by atoms with Gasteiger partial charge in [0.15, 0.2) is 0 Å². The van der Waals surface area contributed by atoms with Crippen molar-refractivity contribution in [1.82, 2.24) is 9.80 Å². The molecule has 5 aliphatic carbocycles. The lowest BCUT2D eigenvalue weighted by atomic mass is 9.80. The number of hydrogen-bond donors (Lipinski definition) is 0. The normalized spacial score (nSPS) is 28.5. The molecule has 2 atom stereocenters. The van der Waals surface area contributed by atoms with Crippen molar-refractivity contribution in [3.63, 3.8) is 0 Å². The summed E-state index contributed by atoms with van der Waals surface area (Å²) >= 11 is 0. The quantitative estimate of drug-likeness (QED) is 0.357. The Balaban J connectivity index is 0.000000215. The standard InChI is InChI=1S/C20H35NO.C13H25N.CH2O/c1-16-9-8-10-17(15-16)20(22)21(18-11-4-2-5-12-18)19-13-6-3-7-14-19;1-14(12-8-4-2-5-9-12)13-10-6-3-7-11-13;1-2/h16-19H,2-15H2,1H3;12-13H,2-11H2,1H3;1H2. The summed E-state index contributed by atoms with van der Waals surface area (Å²) in [5.74, 6) is 1.64. The maximum Gasteiger partial charge on any atom is 0.226 e. The minimum Gasteiger partial charge on any atom is -0.336 e. The lowest BCUT2D eigenvalue weighted by Gasteiger charge is -2.44. The Labute approximate surface area is 236 Å². The number of nitrogens with zero attached hydrogens (tertiary/aromatic N) is 2. The largest absolute Gasteiger partial charge is 0.336 e. The van der Waals surface area contributed by atoms with Crippen LogP contribution in [0.25, 0.3) is 0 Å². The van der Waals surface area contributed by atoms with E-state index in [9.17, 15) is 4.79 Å². The first-order valence-electron chi connectivity index (χ1n) is 17.0. The molecular formula is C34H62N2O2. The predicted octanol–water partition coefficient (Wildman–Crippen LogP) is 8.71. The molecular weight excluding hydrogens is 468 g/mol. The maximum absolute atomic E-state index is 13.4. The van der Waals surface area contributed by atoms with Crippen LogP contribution in [-0.2, 0) is 9.59 Å². The van der Waals surface area contributed by atoms with Crippen LogP contribution in [0.3, 0.4) is 0 Å². The third-order valence-electron chi connectivity index (χ3n) is 10.8. The van der Waals surface area contributed by atoms with Crippen molar-refractivity contribution in [3.05, 3.63) is 0 Å². The summed E-state index contributed by atoms with van der Waals surface area (Å²) in [6.07, 6.45) is 32.8. The van der Waals surface area contributed by atoms with Crippen LogP contribution in [0.4, 0.5) is 0 Å². The molecule has 5 saturated carbocycles. The van der Waals surface area contributed by atoms with Gasteiger partial charge in [0.1, 0.15) is 6.79 Å². The molecule has 0 aromatic rings. The van der Waals surface area contributed by atoms with Gasteiger partial charge in [0.2, 0.25) is 5.91 Å². The molecule has 0 spiro atoms. The first-order valence-corrected chi connectivity index (χ1v) is 17.0. The van der Waals surface area contributed by atoms with Crippen LogP contribution in [-0.4, -0.2) is 53.7 Å². The molecule has 0 aromatic carbocycles. The summed E-state index contributed by atoms with van der Waals surface area (Å²) in [6, 6.07) is 2.99. The fraction of sp³-hybridized carbons (Fsp3) is 0.941. The fourth-order valence-electron chi connectivity index (χ4n) is 8.52. The van der Waals surface area contributed by atoms with Crippen molar-refractivity contribution in [2.24, 2.45) is 11.8 Å². The monoisotopic (exact) mass is 530 g/mol. The average Bonchev–Trinajstić information content (AvgIpc) is 3.00. The summed E-state index contributed by atoms with van der Waals surface area (Å²) in [6.45, 7) is 4.34. The summed E-state index contributed by atoms with van der Waals surface area (Å²) in [7, 11) is 2.38. The van der Waals surface area contributed by atoms with E-state index in [2.05, 4.69) is 23.8 Å². The van der Waals surface area contributed by atoms with E-state index in [4.69, 9.17) is 4.79 Å². The Kier molecular flexibility index (Phi) is 14.7. The van der Waals surface area contributed by atoms with Gasteiger partial charge < -0.3 is 14.6 Å². The van der Waals surface area contributed by atoms with Crippen LogP contribution in [0, 0.1) is 11.8 Å². The van der Waals surface area contributed by atoms with Gasteiger partial charge in [0.25, 0.3) is 0 Å². The highest BCUT2D eigenvalue weighted by molar-refractivity contribution is 5.79. The molecule has 0 heterocycles. The molecule has 38 heavy (non-hydrogen) atoms. The second-order valence-corrected chi connectivity index (χ2v) is 13.5. The number of carbonyl (C=O) groups is 2. The molecule has 5 rings (SSSR count). The molecule has 4 nitrogen and oxygen atoms in total. The van der Waals surface area contributed by atoms with Crippen LogP contribution in [0.1, 0.15) is 161 Å². The zero-order valence-electron chi connectivity index (χ0n) is 25.4. The lowest BCUT2D eigenvalue weighted by molar-refractivity contribution is -0.144. The van der Waals surface area contributed by atoms with E-state index in [1.54, 1.807) is 0 Å². The molecule has 0 bridgehead atoms. The molecule has 2 unspecified atom stereocenters. The van der Waals surface area contributed by atoms with E-state index >= 15 is 0 Å². The van der Waals surface area contributed by atoms with Crippen molar-refractivity contribution >= 4 is 12.7 Å². The zero-order chi connectivity index (χ0) is 27.2. The molecule has 0 aromatic heterocycles. The Morgan fingerprint density at radius 2 is 0.895 bits per heavy atom. The molecule has 1 amide bonds. The minimum atomic E-state index is 0.340. The van der Waals surface area contributed by atoms with Crippen LogP contribution in [0.15, 0.2) is 0 Å². The zero-order valence-corrected chi connectivity index (χ0v) is 25.4. The summed E-state index contributed by atoms with van der Waals surface area (Å²) in [4.78, 5) is 26.5. The Bertz CT molecular complexity index is 594. The highest BCUT2D eigenvalue weighted by atomic mass is 16.2. The van der Waals surface area contributed by atoms with Gasteiger partial charge in [-0.25, -0.2) is 0 Å². The molecule has 220 valence electrons. The third kappa shape index (κ3) is 9.63. The maximum atomic E-state index is 13.4. The summed E-state index contributed by atoms with van der Waals surface area (Å²) < 4.78 is 0. The Hall–Kier alpha value is -0.900. The van der Waals surface area contributed by atoms with Gasteiger partial charge in [-0.15, -0.1) is 0 Å². The van der Waals surface area contributed by atoms with E-state index in [0.29, 0.717) is 23.9 Å². The van der Waals surface area contributed by atoms with E-state index in [1.165, 1.54) is 141 Å². The van der Waals surface area contributed by atoms with Crippen molar-refractivity contribution in [2.45, 2.75) is 185 Å². The lowest BCUT2D eigenvalue weighted by Crippen LogP contribution is -2.51. The Morgan fingerprint density at radius 1 is 0.526 bits per heavy atom. The number of rotatable bonds is 5. The number of amides is 1. The van der Waals surface area contributed by atoms with E-state index in [-0.39, 0.29) is 0 Å². The van der Waals surface area contributed by atoms with Gasteiger partial charge >= 0.3 is 0 Å². The van der Waals surface area contributed by atoms with Crippen LogP contribution < -0.4 is 0 Å². The fourth-order valence-corrected chi connectivity index (χ4v) is 8.52. The van der Waals surface area contributed by atoms with Gasteiger partial charge in [0.05, 0.1) is 0 Å². The van der Waals surface area contributed by atoms with Gasteiger partial charge in [-0.2, -0.15) is 0 Å². The predicted molar refractivity (Wildman–Crippen MR) is 160 cm³/mol. The molecule has 0 saturated heterocycles. The van der Waals surface area contributed by atoms with Crippen molar-refractivity contribution in [1.29, 1.82) is 0 Å². The minimum absolute atomic E-state index is 0.340. The second-order valence-electron chi connectivity index (χ2n) is 13.5. The van der Waals surface area contributed by atoms with E-state index < -0.39 is 0 Å². The third-order valence-corrected chi connectivity index (χ3v) is 10.8. The van der Waals surface area contributed by atoms with E-state index in [1.807, 2.05) is 6.79 Å². The summed E-state index contributed by atoms with van der Waals surface area (Å²) in [5, 5.41) is 0. The number of hydrogen-bond acceptors (Lipinski definition) is 3. The number of carbonyl (C=O) groups excluding carboxylic acids is 2. The average molecular weight is 531 g/mol. The second kappa shape index (κ2) is 17.7. The van der Waals surface area contributed by atoms with Crippen molar-refractivity contribution < 1.29 is 9.59 Å². The van der Waals surface area contributed by atoms with Gasteiger partial charge in [-0.1, -0.05) is 96.8 Å². The SMILES string of the molecule is C=O.CC1CCCC(C(=O)N(C2CCCCC2)C2CCCCC2)C1.CN(C1CCCCC1)C1CCCCC1. The van der Waals surface area contributed by atoms with Crippen LogP contribution in [0.5, 0.6) is 0 Å². The Morgan fingerprint density at radius 3 is 1.26 bits per heavy atom. The highest BCUT2D eigenvalue weighted by Crippen LogP contribution is 2.36. The molecule has 5 aliphatic rings. The van der Waals surface area contributed by atoms with Crippen molar-refractivity contribution in [3.8, 4) is 0 Å². The van der Waals surface area contributed by atoms with Gasteiger partial charge in [-0.3, -0.25) is 4.79 Å².